The van der Waals surface area contributed by atoms with Crippen molar-refractivity contribution in [2.45, 2.75) is 44.6 Å². The fourth-order valence-electron chi connectivity index (χ4n) is 3.34. The lowest BCUT2D eigenvalue weighted by Gasteiger charge is -2.29. The molecule has 1 fully saturated rings. The van der Waals surface area contributed by atoms with Crippen LogP contribution >= 0.6 is 0 Å². The molecule has 7 heteroatoms. The standard InChI is InChI=1S/C16H25FN2O3S/c1-19(20)16-10-7-14(17)11-13(16)6-3-12-4-8-15(9-5-12)18-23(2,21)22/h7,10-12,15,18-19H,3-6,8-9H2,1-2H3. The molecule has 1 saturated carbocycles. The third kappa shape index (κ3) is 5.84. The molecule has 0 heterocycles. The Kier molecular flexibility index (Phi) is 6.13. The highest BCUT2D eigenvalue weighted by atomic mass is 32.2. The third-order valence-electron chi connectivity index (χ3n) is 4.50. The van der Waals surface area contributed by atoms with E-state index in [9.17, 15) is 18.0 Å². The van der Waals surface area contributed by atoms with Gasteiger partial charge in [-0.15, -0.1) is 0 Å². The molecule has 1 aliphatic rings. The molecule has 0 radical (unpaired) electrons. The number of aryl methyl sites for hydroxylation is 1. The Morgan fingerprint density at radius 3 is 2.52 bits per heavy atom. The summed E-state index contributed by atoms with van der Waals surface area (Å²) in [6.07, 6.45) is 6.35. The van der Waals surface area contributed by atoms with Crippen LogP contribution in [0.3, 0.4) is 0 Å². The first-order chi connectivity index (χ1) is 10.7. The number of sulfonamides is 1. The molecular formula is C16H25FN2O3S. The summed E-state index contributed by atoms with van der Waals surface area (Å²) in [7, 11) is -1.65. The lowest BCUT2D eigenvalue weighted by atomic mass is 9.83. The second-order valence-electron chi connectivity index (χ2n) is 6.50. The topological polar surface area (TPSA) is 73.7 Å². The highest BCUT2D eigenvalue weighted by molar-refractivity contribution is 7.88. The first kappa shape index (κ1) is 18.3. The predicted octanol–water partition coefficient (Wildman–Crippen LogP) is 1.51. The maximum absolute atomic E-state index is 13.4. The van der Waals surface area contributed by atoms with E-state index in [1.54, 1.807) is 6.07 Å². The minimum absolute atomic E-state index is 0.0307. The Hall–Kier alpha value is -1.02. The zero-order valence-corrected chi connectivity index (χ0v) is 14.5. The quantitative estimate of drug-likeness (QED) is 0.768. The van der Waals surface area contributed by atoms with Gasteiger partial charge in [-0.2, -0.15) is 0 Å². The lowest BCUT2D eigenvalue weighted by Crippen LogP contribution is -2.98. The lowest BCUT2D eigenvalue weighted by molar-refractivity contribution is -0.751. The summed E-state index contributed by atoms with van der Waals surface area (Å²) in [6, 6.07) is 4.36. The average molecular weight is 344 g/mol. The van der Waals surface area contributed by atoms with Crippen molar-refractivity contribution in [2.24, 2.45) is 5.92 Å². The van der Waals surface area contributed by atoms with Crippen molar-refractivity contribution in [3.05, 3.63) is 34.8 Å². The van der Waals surface area contributed by atoms with Crippen LogP contribution in [0.5, 0.6) is 0 Å². The van der Waals surface area contributed by atoms with Gasteiger partial charge in [0.25, 0.3) is 0 Å². The van der Waals surface area contributed by atoms with E-state index in [1.165, 1.54) is 25.4 Å². The van der Waals surface area contributed by atoms with E-state index >= 15 is 0 Å². The van der Waals surface area contributed by atoms with E-state index in [2.05, 4.69) is 4.72 Å². The molecule has 0 bridgehead atoms. The van der Waals surface area contributed by atoms with Crippen molar-refractivity contribution in [1.82, 2.24) is 4.72 Å². The molecule has 0 spiro atoms. The second kappa shape index (κ2) is 7.70. The molecule has 2 rings (SSSR count). The van der Waals surface area contributed by atoms with Gasteiger partial charge in [0, 0.05) is 17.7 Å². The van der Waals surface area contributed by atoms with Crippen molar-refractivity contribution in [1.29, 1.82) is 0 Å². The van der Waals surface area contributed by atoms with Crippen LogP contribution in [0.4, 0.5) is 10.1 Å². The van der Waals surface area contributed by atoms with Gasteiger partial charge in [-0.25, -0.2) is 17.5 Å². The number of benzene rings is 1. The van der Waals surface area contributed by atoms with Crippen molar-refractivity contribution in [3.8, 4) is 0 Å². The number of hydrogen-bond acceptors (Lipinski definition) is 3. The van der Waals surface area contributed by atoms with Crippen molar-refractivity contribution < 1.29 is 17.9 Å². The van der Waals surface area contributed by atoms with Crippen molar-refractivity contribution in [2.75, 3.05) is 13.3 Å². The fraction of sp³-hybridized carbons (Fsp3) is 0.625. The van der Waals surface area contributed by atoms with Crippen molar-refractivity contribution in [3.63, 3.8) is 0 Å². The smallest absolute Gasteiger partial charge is 0.208 e. The summed E-state index contributed by atoms with van der Waals surface area (Å²) in [5.41, 5.74) is 1.37. The van der Waals surface area contributed by atoms with Gasteiger partial charge in [0.05, 0.1) is 13.3 Å². The summed E-state index contributed by atoms with van der Waals surface area (Å²) in [5.74, 6) is 0.182. The Balaban J connectivity index is 1.87. The van der Waals surface area contributed by atoms with Gasteiger partial charge in [-0.3, -0.25) is 0 Å². The van der Waals surface area contributed by atoms with Gasteiger partial charge >= 0.3 is 0 Å². The third-order valence-corrected chi connectivity index (χ3v) is 5.26. The van der Waals surface area contributed by atoms with Crippen LogP contribution in [0, 0.1) is 16.9 Å². The van der Waals surface area contributed by atoms with Crippen LogP contribution in [0.1, 0.15) is 37.7 Å². The largest absolute Gasteiger partial charge is 0.629 e. The van der Waals surface area contributed by atoms with E-state index < -0.39 is 10.0 Å². The van der Waals surface area contributed by atoms with E-state index in [-0.39, 0.29) is 16.9 Å². The molecule has 1 aliphatic carbocycles. The summed E-state index contributed by atoms with van der Waals surface area (Å²) in [6.45, 7) is 0. The molecule has 1 atom stereocenters. The summed E-state index contributed by atoms with van der Waals surface area (Å²) in [5, 5.41) is 11.6. The minimum Gasteiger partial charge on any atom is -0.629 e. The number of halogens is 1. The van der Waals surface area contributed by atoms with Gasteiger partial charge in [0.2, 0.25) is 10.0 Å². The van der Waals surface area contributed by atoms with Crippen molar-refractivity contribution >= 4 is 15.7 Å². The predicted molar refractivity (Wildman–Crippen MR) is 88.4 cm³/mol. The van der Waals surface area contributed by atoms with Crippen LogP contribution < -0.4 is 9.79 Å². The summed E-state index contributed by atoms with van der Waals surface area (Å²) < 4.78 is 38.6. The number of hydroxylamine groups is 1. The molecule has 130 valence electrons. The molecule has 0 aromatic heterocycles. The Morgan fingerprint density at radius 1 is 1.30 bits per heavy atom. The molecule has 0 amide bonds. The Bertz CT molecular complexity index is 626. The average Bonchev–Trinajstić information content (AvgIpc) is 2.44. The second-order valence-corrected chi connectivity index (χ2v) is 8.28. The van der Waals surface area contributed by atoms with Crippen LogP contribution in [-0.2, 0) is 16.4 Å². The molecule has 5 nitrogen and oxygen atoms in total. The first-order valence-corrected chi connectivity index (χ1v) is 9.90. The van der Waals surface area contributed by atoms with Gasteiger partial charge < -0.3 is 10.3 Å². The van der Waals surface area contributed by atoms with Crippen LogP contribution in [0.25, 0.3) is 0 Å². The van der Waals surface area contributed by atoms with Gasteiger partial charge in [0.1, 0.15) is 11.5 Å². The zero-order chi connectivity index (χ0) is 17.0. The molecule has 0 saturated heterocycles. The van der Waals surface area contributed by atoms with Gasteiger partial charge in [-0.1, -0.05) is 0 Å². The van der Waals surface area contributed by atoms with E-state index in [1.807, 2.05) is 0 Å². The fourth-order valence-corrected chi connectivity index (χ4v) is 4.19. The number of hydrogen-bond donors (Lipinski definition) is 2. The summed E-state index contributed by atoms with van der Waals surface area (Å²) >= 11 is 0. The molecular weight excluding hydrogens is 319 g/mol. The highest BCUT2D eigenvalue weighted by Gasteiger charge is 2.23. The number of rotatable bonds is 6. The molecule has 23 heavy (non-hydrogen) atoms. The first-order valence-electron chi connectivity index (χ1n) is 8.01. The molecule has 2 N–H and O–H groups in total. The zero-order valence-electron chi connectivity index (χ0n) is 13.6. The Morgan fingerprint density at radius 2 is 1.96 bits per heavy atom. The van der Waals surface area contributed by atoms with E-state index in [0.717, 1.165) is 37.7 Å². The van der Waals surface area contributed by atoms with Crippen LogP contribution in [0.15, 0.2) is 18.2 Å². The Labute approximate surface area is 137 Å². The normalized spacial score (nSPS) is 23.7. The maximum Gasteiger partial charge on any atom is 0.208 e. The van der Waals surface area contributed by atoms with Gasteiger partial charge in [0.15, 0.2) is 0 Å². The summed E-state index contributed by atoms with van der Waals surface area (Å²) in [4.78, 5) is 0. The van der Waals surface area contributed by atoms with Crippen LogP contribution in [0.2, 0.25) is 0 Å². The number of quaternary nitrogens is 1. The molecule has 1 aromatic carbocycles. The van der Waals surface area contributed by atoms with Crippen LogP contribution in [-0.4, -0.2) is 27.8 Å². The maximum atomic E-state index is 13.4. The SMILES string of the molecule is C[NH+]([O-])c1ccc(F)cc1CCC1CCC(NS(C)(=O)=O)CC1. The minimum atomic E-state index is -3.15. The molecule has 1 aromatic rings. The monoisotopic (exact) mass is 344 g/mol. The van der Waals surface area contributed by atoms with Gasteiger partial charge in [-0.05, 0) is 56.6 Å². The molecule has 1 unspecified atom stereocenters. The van der Waals surface area contributed by atoms with E-state index in [0.29, 0.717) is 18.0 Å². The molecule has 0 aliphatic heterocycles. The number of nitrogens with one attached hydrogen (secondary N) is 2. The van der Waals surface area contributed by atoms with E-state index in [4.69, 9.17) is 0 Å². The highest BCUT2D eigenvalue weighted by Crippen LogP contribution is 2.29.